The number of fused-ring (bicyclic) bond motifs is 1. The van der Waals surface area contributed by atoms with Gasteiger partial charge in [-0.25, -0.2) is 0 Å². The molecule has 1 unspecified atom stereocenters. The molecule has 7 nitrogen and oxygen atoms in total. The predicted molar refractivity (Wildman–Crippen MR) is 130 cm³/mol. The van der Waals surface area contributed by atoms with E-state index in [0.29, 0.717) is 40.7 Å². The van der Waals surface area contributed by atoms with E-state index in [2.05, 4.69) is 0 Å². The third-order valence-corrected chi connectivity index (χ3v) is 6.30. The van der Waals surface area contributed by atoms with Crippen LogP contribution >= 0.6 is 11.6 Å². The SMILES string of the molecule is CN1CCOc2ccc(/C(O)=C3/C(=O)C(=O)N(c4cccc(Cl)c4)C3c3ccc(O)cc3)cc21. The molecule has 2 aliphatic heterocycles. The third kappa shape index (κ3) is 3.64. The Kier molecular flexibility index (Phi) is 5.42. The van der Waals surface area contributed by atoms with Crippen LogP contribution in [0.1, 0.15) is 17.2 Å². The molecular formula is C26H21ClN2O5. The maximum absolute atomic E-state index is 13.3. The summed E-state index contributed by atoms with van der Waals surface area (Å²) in [5.74, 6) is -1.15. The molecule has 1 atom stereocenters. The standard InChI is InChI=1S/C26H21ClN2O5/c1-28-11-12-34-21-10-7-16(13-20(21)28)24(31)22-23(15-5-8-19(30)9-6-15)29(26(33)25(22)32)18-4-2-3-17(27)14-18/h2-10,13-14,23,30-31H,11-12H2,1H3/b24-22-. The molecule has 5 rings (SSSR count). The number of benzene rings is 3. The molecule has 8 heteroatoms. The molecule has 1 fully saturated rings. The molecule has 0 saturated carbocycles. The van der Waals surface area contributed by atoms with Crippen molar-refractivity contribution in [1.82, 2.24) is 0 Å². The number of aliphatic hydroxyl groups is 1. The van der Waals surface area contributed by atoms with Gasteiger partial charge in [0.05, 0.1) is 23.8 Å². The van der Waals surface area contributed by atoms with Crippen LogP contribution in [0.3, 0.4) is 0 Å². The Balaban J connectivity index is 1.70. The minimum Gasteiger partial charge on any atom is -0.508 e. The van der Waals surface area contributed by atoms with Crippen molar-refractivity contribution in [2.45, 2.75) is 6.04 Å². The average Bonchev–Trinajstić information content (AvgIpc) is 3.09. The van der Waals surface area contributed by atoms with Crippen molar-refractivity contribution >= 4 is 40.4 Å². The average molecular weight is 477 g/mol. The molecular weight excluding hydrogens is 456 g/mol. The number of carbonyl (C=O) groups is 2. The Hall–Kier alpha value is -3.97. The van der Waals surface area contributed by atoms with Crippen LogP contribution in [0.5, 0.6) is 11.5 Å². The number of hydrogen-bond donors (Lipinski definition) is 2. The van der Waals surface area contributed by atoms with Gasteiger partial charge in [-0.05, 0) is 54.1 Å². The van der Waals surface area contributed by atoms with Crippen LogP contribution in [0.25, 0.3) is 5.76 Å². The number of ether oxygens (including phenoxy) is 1. The molecule has 1 saturated heterocycles. The summed E-state index contributed by atoms with van der Waals surface area (Å²) in [6.45, 7) is 1.24. The maximum Gasteiger partial charge on any atom is 0.300 e. The third-order valence-electron chi connectivity index (χ3n) is 6.07. The highest BCUT2D eigenvalue weighted by Crippen LogP contribution is 2.43. The Bertz CT molecular complexity index is 1340. The smallest absolute Gasteiger partial charge is 0.300 e. The molecule has 34 heavy (non-hydrogen) atoms. The molecule has 1 amide bonds. The van der Waals surface area contributed by atoms with E-state index in [1.165, 1.54) is 17.0 Å². The van der Waals surface area contributed by atoms with E-state index >= 15 is 0 Å². The summed E-state index contributed by atoms with van der Waals surface area (Å²) in [6.07, 6.45) is 0. The van der Waals surface area contributed by atoms with Crippen LogP contribution in [0.15, 0.2) is 72.3 Å². The molecule has 0 radical (unpaired) electrons. The monoisotopic (exact) mass is 476 g/mol. The first kappa shape index (κ1) is 21.9. The van der Waals surface area contributed by atoms with E-state index in [0.717, 1.165) is 5.69 Å². The molecule has 2 N–H and O–H groups in total. The summed E-state index contributed by atoms with van der Waals surface area (Å²) < 4.78 is 5.68. The number of carbonyl (C=O) groups excluding carboxylic acids is 2. The fraction of sp³-hybridized carbons (Fsp3) is 0.154. The van der Waals surface area contributed by atoms with Gasteiger partial charge in [-0.2, -0.15) is 0 Å². The van der Waals surface area contributed by atoms with E-state index in [-0.39, 0.29) is 17.1 Å². The van der Waals surface area contributed by atoms with Crippen molar-refractivity contribution in [3.63, 3.8) is 0 Å². The van der Waals surface area contributed by atoms with Crippen molar-refractivity contribution in [2.75, 3.05) is 30.0 Å². The zero-order chi connectivity index (χ0) is 24.0. The van der Waals surface area contributed by atoms with Crippen molar-refractivity contribution in [2.24, 2.45) is 0 Å². The van der Waals surface area contributed by atoms with Crippen molar-refractivity contribution in [3.05, 3.63) is 88.5 Å². The van der Waals surface area contributed by atoms with Gasteiger partial charge < -0.3 is 19.8 Å². The molecule has 3 aromatic carbocycles. The minimum atomic E-state index is -0.913. The number of Topliss-reactive ketones (excluding diaryl/α,β-unsaturated/α-hetero) is 1. The number of amides is 1. The summed E-state index contributed by atoms with van der Waals surface area (Å²) in [7, 11) is 1.92. The lowest BCUT2D eigenvalue weighted by Gasteiger charge is -2.28. The summed E-state index contributed by atoms with van der Waals surface area (Å²) in [4.78, 5) is 29.8. The minimum absolute atomic E-state index is 0.0428. The number of aliphatic hydroxyl groups excluding tert-OH is 1. The normalized spacial score (nSPS) is 19.2. The number of hydrogen-bond acceptors (Lipinski definition) is 6. The number of halogens is 1. The number of rotatable bonds is 3. The van der Waals surface area contributed by atoms with Gasteiger partial charge in [0.15, 0.2) is 0 Å². The van der Waals surface area contributed by atoms with E-state index < -0.39 is 17.7 Å². The van der Waals surface area contributed by atoms with Gasteiger partial charge in [-0.15, -0.1) is 0 Å². The Morgan fingerprint density at radius 3 is 2.56 bits per heavy atom. The fourth-order valence-corrected chi connectivity index (χ4v) is 4.53. The largest absolute Gasteiger partial charge is 0.508 e. The quantitative estimate of drug-likeness (QED) is 0.328. The zero-order valence-corrected chi connectivity index (χ0v) is 19.0. The summed E-state index contributed by atoms with van der Waals surface area (Å²) in [5, 5.41) is 21.5. The second-order valence-electron chi connectivity index (χ2n) is 8.19. The summed E-state index contributed by atoms with van der Waals surface area (Å²) in [6, 6.07) is 17.0. The lowest BCUT2D eigenvalue weighted by Crippen LogP contribution is -2.29. The van der Waals surface area contributed by atoms with Crippen LogP contribution in [-0.4, -0.2) is 42.1 Å². The predicted octanol–water partition coefficient (Wildman–Crippen LogP) is 4.50. The lowest BCUT2D eigenvalue weighted by molar-refractivity contribution is -0.132. The molecule has 2 heterocycles. The van der Waals surface area contributed by atoms with Crippen molar-refractivity contribution in [3.8, 4) is 11.5 Å². The van der Waals surface area contributed by atoms with Crippen LogP contribution in [-0.2, 0) is 9.59 Å². The van der Waals surface area contributed by atoms with Crippen molar-refractivity contribution in [1.29, 1.82) is 0 Å². The number of ketones is 1. The first-order valence-electron chi connectivity index (χ1n) is 10.7. The first-order valence-corrected chi connectivity index (χ1v) is 11.1. The molecule has 0 aliphatic carbocycles. The van der Waals surface area contributed by atoms with Gasteiger partial charge in [0, 0.05) is 23.3 Å². The van der Waals surface area contributed by atoms with Crippen LogP contribution in [0.2, 0.25) is 5.02 Å². The van der Waals surface area contributed by atoms with E-state index in [4.69, 9.17) is 16.3 Å². The molecule has 3 aromatic rings. The first-order chi connectivity index (χ1) is 16.3. The Labute approximate surface area is 201 Å². The van der Waals surface area contributed by atoms with E-state index in [9.17, 15) is 19.8 Å². The van der Waals surface area contributed by atoms with Gasteiger partial charge in [-0.3, -0.25) is 14.5 Å². The topological polar surface area (TPSA) is 90.3 Å². The number of anilines is 2. The molecule has 2 aliphatic rings. The van der Waals surface area contributed by atoms with Gasteiger partial charge in [0.1, 0.15) is 23.9 Å². The highest BCUT2D eigenvalue weighted by atomic mass is 35.5. The van der Waals surface area contributed by atoms with Crippen LogP contribution in [0, 0.1) is 0 Å². The van der Waals surface area contributed by atoms with Crippen LogP contribution < -0.4 is 14.5 Å². The van der Waals surface area contributed by atoms with Gasteiger partial charge in [0.2, 0.25) is 0 Å². The maximum atomic E-state index is 13.3. The summed E-state index contributed by atoms with van der Waals surface area (Å²) in [5.41, 5.74) is 2.10. The van der Waals surface area contributed by atoms with Gasteiger partial charge in [0.25, 0.3) is 11.7 Å². The highest BCUT2D eigenvalue weighted by molar-refractivity contribution is 6.51. The molecule has 172 valence electrons. The van der Waals surface area contributed by atoms with Crippen LogP contribution in [0.4, 0.5) is 11.4 Å². The number of aromatic hydroxyl groups is 1. The van der Waals surface area contributed by atoms with Gasteiger partial charge >= 0.3 is 0 Å². The Morgan fingerprint density at radius 1 is 1.06 bits per heavy atom. The number of phenols is 1. The lowest BCUT2D eigenvalue weighted by atomic mass is 9.94. The fourth-order valence-electron chi connectivity index (χ4n) is 4.35. The number of likely N-dealkylation sites (N-methyl/N-ethyl adjacent to an activating group) is 1. The summed E-state index contributed by atoms with van der Waals surface area (Å²) >= 11 is 6.16. The second kappa shape index (κ2) is 8.43. The van der Waals surface area contributed by atoms with E-state index in [1.807, 2.05) is 11.9 Å². The Morgan fingerprint density at radius 2 is 1.82 bits per heavy atom. The van der Waals surface area contributed by atoms with Crippen molar-refractivity contribution < 1.29 is 24.5 Å². The molecule has 0 spiro atoms. The molecule has 0 bridgehead atoms. The second-order valence-corrected chi connectivity index (χ2v) is 8.63. The van der Waals surface area contributed by atoms with Gasteiger partial charge in [-0.1, -0.05) is 29.8 Å². The molecule has 0 aromatic heterocycles. The van der Waals surface area contributed by atoms with E-state index in [1.54, 1.807) is 54.6 Å². The highest BCUT2D eigenvalue weighted by Gasteiger charge is 2.47. The number of nitrogens with zero attached hydrogens (tertiary/aromatic N) is 2. The zero-order valence-electron chi connectivity index (χ0n) is 18.2. The number of phenolic OH excluding ortho intramolecular Hbond substituents is 1.